The lowest BCUT2D eigenvalue weighted by Gasteiger charge is -2.39. The van der Waals surface area contributed by atoms with Gasteiger partial charge in [-0.15, -0.1) is 0 Å². The van der Waals surface area contributed by atoms with Gasteiger partial charge in [0.05, 0.1) is 6.61 Å². The number of pyridine rings is 1. The Morgan fingerprint density at radius 2 is 1.90 bits per heavy atom. The van der Waals surface area contributed by atoms with Crippen molar-refractivity contribution in [1.82, 2.24) is 19.8 Å². The summed E-state index contributed by atoms with van der Waals surface area (Å²) in [5.74, 6) is 1.20. The monoisotopic (exact) mass is 546 g/mol. The highest BCUT2D eigenvalue weighted by Crippen LogP contribution is 2.44. The number of aromatic nitrogens is 2. The van der Waals surface area contributed by atoms with Crippen LogP contribution in [0.2, 0.25) is 0 Å². The zero-order valence-corrected chi connectivity index (χ0v) is 23.9. The molecule has 2 aliphatic heterocycles. The molecule has 2 fully saturated rings. The van der Waals surface area contributed by atoms with Gasteiger partial charge in [-0.25, -0.2) is 4.98 Å². The van der Waals surface area contributed by atoms with Gasteiger partial charge in [0.2, 0.25) is 0 Å². The van der Waals surface area contributed by atoms with Crippen LogP contribution in [0.15, 0.2) is 54.9 Å². The molecule has 0 spiro atoms. The number of carbonyl (C=O) groups excluding carboxylic acids is 1. The van der Waals surface area contributed by atoms with Crippen molar-refractivity contribution in [2.75, 3.05) is 33.4 Å². The molecular weight excluding hydrogens is 508 g/mol. The normalized spacial score (nSPS) is 22.2. The Bertz CT molecular complexity index is 1610. The van der Waals surface area contributed by atoms with Gasteiger partial charge in [-0.05, 0) is 96.5 Å². The second-order valence-corrected chi connectivity index (χ2v) is 12.8. The second-order valence-electron chi connectivity index (χ2n) is 12.8. The predicted octanol–water partition coefficient (Wildman–Crippen LogP) is 6.40. The summed E-state index contributed by atoms with van der Waals surface area (Å²) >= 11 is 0. The van der Waals surface area contributed by atoms with Gasteiger partial charge < -0.3 is 14.6 Å². The zero-order valence-electron chi connectivity index (χ0n) is 23.9. The van der Waals surface area contributed by atoms with Crippen LogP contribution in [0.5, 0.6) is 0 Å². The predicted molar refractivity (Wildman–Crippen MR) is 162 cm³/mol. The smallest absolute Gasteiger partial charge is 0.253 e. The summed E-state index contributed by atoms with van der Waals surface area (Å²) in [7, 11) is 1.89. The number of H-pyrrole nitrogens is 1. The molecular formula is C35H38N4O2. The molecule has 0 bridgehead atoms. The van der Waals surface area contributed by atoms with Crippen molar-refractivity contribution in [2.24, 2.45) is 5.92 Å². The number of aryl methyl sites for hydroxylation is 1. The molecule has 1 saturated heterocycles. The Balaban J connectivity index is 1.08. The minimum atomic E-state index is 0.0604. The number of rotatable bonds is 6. The molecule has 4 aromatic rings. The third kappa shape index (κ3) is 4.67. The van der Waals surface area contributed by atoms with Crippen molar-refractivity contribution in [2.45, 2.75) is 57.0 Å². The number of aromatic amines is 1. The number of nitrogens with zero attached hydrogens (tertiary/aromatic N) is 3. The number of fused-ring (bicyclic) bond motifs is 1. The van der Waals surface area contributed by atoms with E-state index in [9.17, 15) is 4.79 Å². The summed E-state index contributed by atoms with van der Waals surface area (Å²) in [6.07, 6.45) is 11.6. The highest BCUT2D eigenvalue weighted by Gasteiger charge is 2.37. The highest BCUT2D eigenvalue weighted by molar-refractivity contribution is 5.98. The first-order valence-electron chi connectivity index (χ1n) is 15.4. The summed E-state index contributed by atoms with van der Waals surface area (Å²) in [6.45, 7) is 4.63. The van der Waals surface area contributed by atoms with Crippen LogP contribution in [0.4, 0.5) is 0 Å². The first kappa shape index (κ1) is 25.2. The Labute approximate surface area is 241 Å². The molecule has 41 heavy (non-hydrogen) atoms. The molecule has 8 rings (SSSR count). The molecule has 4 heterocycles. The van der Waals surface area contributed by atoms with Crippen molar-refractivity contribution < 1.29 is 9.53 Å². The van der Waals surface area contributed by atoms with E-state index in [4.69, 9.17) is 9.72 Å². The molecule has 2 aromatic carbocycles. The summed E-state index contributed by atoms with van der Waals surface area (Å²) in [5.41, 5.74) is 11.0. The quantitative estimate of drug-likeness (QED) is 0.304. The molecule has 6 heteroatoms. The van der Waals surface area contributed by atoms with E-state index in [1.165, 1.54) is 49.8 Å². The molecule has 0 radical (unpaired) electrons. The molecule has 2 atom stereocenters. The average Bonchev–Trinajstić information content (AvgIpc) is 3.57. The largest absolute Gasteiger partial charge is 0.381 e. The van der Waals surface area contributed by atoms with Gasteiger partial charge >= 0.3 is 0 Å². The van der Waals surface area contributed by atoms with E-state index in [-0.39, 0.29) is 5.91 Å². The van der Waals surface area contributed by atoms with Gasteiger partial charge in [0.25, 0.3) is 5.91 Å². The number of amides is 1. The lowest BCUT2D eigenvalue weighted by molar-refractivity contribution is 0.0766. The van der Waals surface area contributed by atoms with E-state index in [2.05, 4.69) is 40.2 Å². The molecule has 210 valence electrons. The van der Waals surface area contributed by atoms with Gasteiger partial charge in [0.15, 0.2) is 0 Å². The van der Waals surface area contributed by atoms with Gasteiger partial charge in [-0.3, -0.25) is 9.69 Å². The average molecular weight is 547 g/mol. The number of carbonyl (C=O) groups is 1. The summed E-state index contributed by atoms with van der Waals surface area (Å²) in [6, 6.07) is 16.0. The number of hydrogen-bond acceptors (Lipinski definition) is 4. The fourth-order valence-corrected chi connectivity index (χ4v) is 7.57. The summed E-state index contributed by atoms with van der Waals surface area (Å²) in [5, 5.41) is 1.11. The molecule has 1 N–H and O–H groups in total. The maximum Gasteiger partial charge on any atom is 0.253 e. The molecule has 1 saturated carbocycles. The van der Waals surface area contributed by atoms with Gasteiger partial charge in [0, 0.05) is 79.7 Å². The van der Waals surface area contributed by atoms with Crippen LogP contribution >= 0.6 is 0 Å². The Morgan fingerprint density at radius 3 is 2.71 bits per heavy atom. The van der Waals surface area contributed by atoms with Crippen molar-refractivity contribution in [3.05, 3.63) is 77.1 Å². The maximum atomic E-state index is 13.0. The minimum Gasteiger partial charge on any atom is -0.381 e. The second kappa shape index (κ2) is 10.1. The molecule has 2 aromatic heterocycles. The fourth-order valence-electron chi connectivity index (χ4n) is 7.57. The third-order valence-corrected chi connectivity index (χ3v) is 9.86. The van der Waals surface area contributed by atoms with Crippen molar-refractivity contribution in [3.63, 3.8) is 0 Å². The highest BCUT2D eigenvalue weighted by atomic mass is 16.5. The number of nitrogens with one attached hydrogen (secondary N) is 1. The number of ether oxygens (including phenoxy) is 1. The maximum absolute atomic E-state index is 13.0. The van der Waals surface area contributed by atoms with E-state index in [1.54, 1.807) is 16.7 Å². The van der Waals surface area contributed by atoms with E-state index in [1.807, 2.05) is 36.5 Å². The lowest BCUT2D eigenvalue weighted by Crippen LogP contribution is -2.37. The van der Waals surface area contributed by atoms with Crippen molar-refractivity contribution >= 4 is 16.9 Å². The Kier molecular flexibility index (Phi) is 6.22. The lowest BCUT2D eigenvalue weighted by atomic mass is 9.76. The SMILES string of the molecule is CN(C[C@@H]1CCOC1)C(=O)c1ccc(-c2c[nH]c3ncc(-c4cc5c6c(c4)CN(C4CC4)CC6CCC5)cc23)cc1. The Morgan fingerprint density at radius 1 is 1.05 bits per heavy atom. The Hall–Kier alpha value is -3.48. The van der Waals surface area contributed by atoms with Crippen LogP contribution in [-0.2, 0) is 17.7 Å². The van der Waals surface area contributed by atoms with Crippen LogP contribution in [0, 0.1) is 5.92 Å². The van der Waals surface area contributed by atoms with Crippen molar-refractivity contribution in [3.8, 4) is 22.3 Å². The van der Waals surface area contributed by atoms with E-state index in [0.29, 0.717) is 11.8 Å². The van der Waals surface area contributed by atoms with Gasteiger partial charge in [-0.1, -0.05) is 18.2 Å². The van der Waals surface area contributed by atoms with Gasteiger partial charge in [-0.2, -0.15) is 0 Å². The number of hydrogen-bond donors (Lipinski definition) is 1. The third-order valence-electron chi connectivity index (χ3n) is 9.86. The van der Waals surface area contributed by atoms with Crippen LogP contribution in [-0.4, -0.2) is 65.1 Å². The standard InChI is InChI=1S/C35H38N4O2/c1-38(18-22-11-12-41-21-22)35(40)24-7-5-23(6-8-24)32-17-37-34-31(32)15-28(16-36-34)27-13-25-3-2-4-26-19-39(30-9-10-30)20-29(14-27)33(25)26/h5-8,13-17,22,26,30H,2-4,9-12,18-21H2,1H3,(H,36,37)/t22-,26?/m0/s1. The van der Waals surface area contributed by atoms with Crippen LogP contribution < -0.4 is 0 Å². The van der Waals surface area contributed by atoms with E-state index >= 15 is 0 Å². The molecule has 1 unspecified atom stereocenters. The van der Waals surface area contributed by atoms with Crippen LogP contribution in [0.1, 0.15) is 65.1 Å². The van der Waals surface area contributed by atoms with Gasteiger partial charge in [0.1, 0.15) is 5.65 Å². The topological polar surface area (TPSA) is 61.5 Å². The fraction of sp³-hybridized carbons (Fsp3) is 0.429. The van der Waals surface area contributed by atoms with E-state index < -0.39 is 0 Å². The minimum absolute atomic E-state index is 0.0604. The van der Waals surface area contributed by atoms with Crippen LogP contribution in [0.3, 0.4) is 0 Å². The first-order chi connectivity index (χ1) is 20.1. The first-order valence-corrected chi connectivity index (χ1v) is 15.4. The van der Waals surface area contributed by atoms with Crippen LogP contribution in [0.25, 0.3) is 33.3 Å². The number of benzene rings is 2. The zero-order chi connectivity index (χ0) is 27.5. The molecule has 6 nitrogen and oxygen atoms in total. The molecule has 2 aliphatic carbocycles. The molecule has 1 amide bonds. The summed E-state index contributed by atoms with van der Waals surface area (Å²) in [4.78, 5) is 25.8. The summed E-state index contributed by atoms with van der Waals surface area (Å²) < 4.78 is 5.48. The van der Waals surface area contributed by atoms with E-state index in [0.717, 1.165) is 66.5 Å². The molecule has 4 aliphatic rings. The van der Waals surface area contributed by atoms with Crippen molar-refractivity contribution in [1.29, 1.82) is 0 Å².